The van der Waals surface area contributed by atoms with Gasteiger partial charge in [0.15, 0.2) is 0 Å². The van der Waals surface area contributed by atoms with Crippen LogP contribution in [0.5, 0.6) is 5.75 Å². The monoisotopic (exact) mass is 248 g/mol. The van der Waals surface area contributed by atoms with Gasteiger partial charge < -0.3 is 9.84 Å². The van der Waals surface area contributed by atoms with Gasteiger partial charge in [0.2, 0.25) is 0 Å². The second kappa shape index (κ2) is 6.84. The van der Waals surface area contributed by atoms with Gasteiger partial charge in [-0.3, -0.25) is 4.79 Å². The zero-order chi connectivity index (χ0) is 13.5. The van der Waals surface area contributed by atoms with Gasteiger partial charge in [-0.25, -0.2) is 0 Å². The van der Waals surface area contributed by atoms with Crippen molar-refractivity contribution in [2.45, 2.75) is 26.7 Å². The smallest absolute Gasteiger partial charge is 0.303 e. The molecule has 0 aliphatic heterocycles. The van der Waals surface area contributed by atoms with E-state index < -0.39 is 5.97 Å². The first-order valence-electron chi connectivity index (χ1n) is 6.11. The average molecular weight is 248 g/mol. The Morgan fingerprint density at radius 2 is 1.94 bits per heavy atom. The highest BCUT2D eigenvalue weighted by Gasteiger charge is 2.07. The summed E-state index contributed by atoms with van der Waals surface area (Å²) in [5.41, 5.74) is 2.30. The first-order valence-corrected chi connectivity index (χ1v) is 6.11. The first-order chi connectivity index (χ1) is 8.54. The minimum absolute atomic E-state index is 0.173. The van der Waals surface area contributed by atoms with Gasteiger partial charge in [-0.1, -0.05) is 32.1 Å². The van der Waals surface area contributed by atoms with Crippen molar-refractivity contribution in [3.8, 4) is 5.75 Å². The molecule has 0 aromatic heterocycles. The number of carbonyl (C=O) groups is 1. The fourth-order valence-electron chi connectivity index (χ4n) is 1.82. The lowest BCUT2D eigenvalue weighted by Gasteiger charge is -2.12. The number of hydrogen-bond acceptors (Lipinski definition) is 2. The number of aliphatic carboxylic acids is 1. The third-order valence-corrected chi connectivity index (χ3v) is 2.77. The van der Waals surface area contributed by atoms with E-state index in [0.717, 1.165) is 11.3 Å². The molecule has 3 heteroatoms. The van der Waals surface area contributed by atoms with E-state index in [2.05, 4.69) is 13.8 Å². The van der Waals surface area contributed by atoms with E-state index in [1.807, 2.05) is 30.3 Å². The van der Waals surface area contributed by atoms with Gasteiger partial charge in [-0.15, -0.1) is 0 Å². The number of methoxy groups -OCH3 is 1. The van der Waals surface area contributed by atoms with Crippen LogP contribution in [-0.2, 0) is 4.79 Å². The number of carboxylic acids is 1. The first kappa shape index (κ1) is 14.3. The van der Waals surface area contributed by atoms with E-state index in [1.54, 1.807) is 7.11 Å². The Kier molecular flexibility index (Phi) is 5.43. The van der Waals surface area contributed by atoms with Crippen LogP contribution >= 0.6 is 0 Å². The Balaban J connectivity index is 2.86. The minimum atomic E-state index is -0.760. The van der Waals surface area contributed by atoms with E-state index in [1.165, 1.54) is 5.57 Å². The summed E-state index contributed by atoms with van der Waals surface area (Å²) in [5.74, 6) is 0.434. The van der Waals surface area contributed by atoms with Crippen LogP contribution in [0.3, 0.4) is 0 Å². The standard InChI is InChI=1S/C15H20O3/c1-11(2)14(5-4-6-15(16)17)12-7-9-13(18-3)10-8-12/h5,7-11H,4,6H2,1-3H3,(H,16,17)/b14-5+. The predicted octanol–water partition coefficient (Wildman–Crippen LogP) is 3.60. The molecule has 1 rings (SSSR count). The van der Waals surface area contributed by atoms with Gasteiger partial charge in [0.25, 0.3) is 0 Å². The number of hydrogen-bond donors (Lipinski definition) is 1. The summed E-state index contributed by atoms with van der Waals surface area (Å²) < 4.78 is 5.12. The Morgan fingerprint density at radius 3 is 2.39 bits per heavy atom. The van der Waals surface area contributed by atoms with E-state index in [-0.39, 0.29) is 6.42 Å². The highest BCUT2D eigenvalue weighted by Crippen LogP contribution is 2.25. The molecule has 0 spiro atoms. The quantitative estimate of drug-likeness (QED) is 0.836. The summed E-state index contributed by atoms with van der Waals surface area (Å²) >= 11 is 0. The second-order valence-electron chi connectivity index (χ2n) is 4.48. The van der Waals surface area contributed by atoms with Crippen LogP contribution in [0, 0.1) is 5.92 Å². The molecule has 3 nitrogen and oxygen atoms in total. The van der Waals surface area contributed by atoms with Crippen molar-refractivity contribution < 1.29 is 14.6 Å². The molecule has 98 valence electrons. The van der Waals surface area contributed by atoms with E-state index in [0.29, 0.717) is 12.3 Å². The lowest BCUT2D eigenvalue weighted by molar-refractivity contribution is -0.136. The van der Waals surface area contributed by atoms with E-state index in [9.17, 15) is 4.79 Å². The molecule has 1 N–H and O–H groups in total. The second-order valence-corrected chi connectivity index (χ2v) is 4.48. The van der Waals surface area contributed by atoms with Crippen LogP contribution in [0.4, 0.5) is 0 Å². The minimum Gasteiger partial charge on any atom is -0.497 e. The highest BCUT2D eigenvalue weighted by atomic mass is 16.5. The van der Waals surface area contributed by atoms with Crippen LogP contribution < -0.4 is 4.74 Å². The van der Waals surface area contributed by atoms with E-state index in [4.69, 9.17) is 9.84 Å². The largest absolute Gasteiger partial charge is 0.497 e. The fraction of sp³-hybridized carbons (Fsp3) is 0.400. The van der Waals surface area contributed by atoms with Crippen LogP contribution in [0.1, 0.15) is 32.3 Å². The fourth-order valence-corrected chi connectivity index (χ4v) is 1.82. The van der Waals surface area contributed by atoms with Crippen molar-refractivity contribution in [2.24, 2.45) is 5.92 Å². The summed E-state index contributed by atoms with van der Waals surface area (Å²) in [7, 11) is 1.64. The normalized spacial score (nSPS) is 11.7. The topological polar surface area (TPSA) is 46.5 Å². The highest BCUT2D eigenvalue weighted by molar-refractivity contribution is 5.70. The number of rotatable bonds is 6. The van der Waals surface area contributed by atoms with Crippen molar-refractivity contribution in [3.63, 3.8) is 0 Å². The lowest BCUT2D eigenvalue weighted by Crippen LogP contribution is -1.97. The van der Waals surface area contributed by atoms with Gasteiger partial charge in [0.05, 0.1) is 7.11 Å². The SMILES string of the molecule is COc1ccc(/C(=C/CCC(=O)O)C(C)C)cc1. The Hall–Kier alpha value is -1.77. The molecule has 0 heterocycles. The molecule has 1 aromatic rings. The van der Waals surface area contributed by atoms with Gasteiger partial charge >= 0.3 is 5.97 Å². The Bertz CT molecular complexity index is 416. The van der Waals surface area contributed by atoms with Gasteiger partial charge in [-0.2, -0.15) is 0 Å². The van der Waals surface area contributed by atoms with Crippen LogP contribution in [-0.4, -0.2) is 18.2 Å². The van der Waals surface area contributed by atoms with Crippen LogP contribution in [0.2, 0.25) is 0 Å². The molecule has 18 heavy (non-hydrogen) atoms. The molecule has 0 aliphatic carbocycles. The summed E-state index contributed by atoms with van der Waals surface area (Å²) in [4.78, 5) is 10.5. The van der Waals surface area contributed by atoms with Gasteiger partial charge in [-0.05, 0) is 35.6 Å². The van der Waals surface area contributed by atoms with Crippen LogP contribution in [0.15, 0.2) is 30.3 Å². The molecule has 0 saturated heterocycles. The molecule has 0 aliphatic rings. The molecule has 0 saturated carbocycles. The molecule has 0 amide bonds. The summed E-state index contributed by atoms with van der Waals surface area (Å²) in [5, 5.41) is 8.66. The molecular formula is C15H20O3. The van der Waals surface area contributed by atoms with Crippen molar-refractivity contribution in [1.82, 2.24) is 0 Å². The molecule has 0 bridgehead atoms. The maximum Gasteiger partial charge on any atom is 0.303 e. The zero-order valence-corrected chi connectivity index (χ0v) is 11.1. The molecule has 0 radical (unpaired) electrons. The number of benzene rings is 1. The third-order valence-electron chi connectivity index (χ3n) is 2.77. The maximum absolute atomic E-state index is 10.5. The summed E-state index contributed by atoms with van der Waals surface area (Å²) in [6.07, 6.45) is 2.75. The molecule has 0 unspecified atom stereocenters. The number of carboxylic acid groups (broad SMARTS) is 1. The van der Waals surface area contributed by atoms with Crippen molar-refractivity contribution >= 4 is 11.5 Å². The molecular weight excluding hydrogens is 228 g/mol. The van der Waals surface area contributed by atoms with Crippen molar-refractivity contribution in [1.29, 1.82) is 0 Å². The average Bonchev–Trinajstić information content (AvgIpc) is 2.34. The van der Waals surface area contributed by atoms with Crippen LogP contribution in [0.25, 0.3) is 5.57 Å². The Labute approximate surface area is 108 Å². The van der Waals surface area contributed by atoms with E-state index >= 15 is 0 Å². The summed E-state index contributed by atoms with van der Waals surface area (Å²) in [6, 6.07) is 7.85. The lowest BCUT2D eigenvalue weighted by atomic mass is 9.94. The zero-order valence-electron chi connectivity index (χ0n) is 11.1. The third kappa shape index (κ3) is 4.24. The molecule has 0 fully saturated rings. The van der Waals surface area contributed by atoms with Crippen molar-refractivity contribution in [3.05, 3.63) is 35.9 Å². The summed E-state index contributed by atoms with van der Waals surface area (Å²) in [6.45, 7) is 4.22. The molecule has 1 aromatic carbocycles. The van der Waals surface area contributed by atoms with Gasteiger partial charge in [0.1, 0.15) is 5.75 Å². The number of ether oxygens (including phenoxy) is 1. The molecule has 0 atom stereocenters. The van der Waals surface area contributed by atoms with Gasteiger partial charge in [0, 0.05) is 6.42 Å². The Morgan fingerprint density at radius 1 is 1.33 bits per heavy atom. The number of allylic oxidation sites excluding steroid dienone is 2. The van der Waals surface area contributed by atoms with Crippen molar-refractivity contribution in [2.75, 3.05) is 7.11 Å². The predicted molar refractivity (Wildman–Crippen MR) is 72.7 cm³/mol. The maximum atomic E-state index is 10.5.